The zero-order valence-electron chi connectivity index (χ0n) is 15.6. The molecule has 1 saturated heterocycles. The predicted octanol–water partition coefficient (Wildman–Crippen LogP) is 0.675. The number of nitrogens with zero attached hydrogens (tertiary/aromatic N) is 2. The number of carbonyl (C=O) groups is 2. The maximum absolute atomic E-state index is 12.4. The van der Waals surface area contributed by atoms with E-state index in [2.05, 4.69) is 10.6 Å². The highest BCUT2D eigenvalue weighted by Gasteiger charge is 2.17. The number of nitrogens with one attached hydrogen (secondary N) is 2. The van der Waals surface area contributed by atoms with Gasteiger partial charge in [-0.2, -0.15) is 0 Å². The van der Waals surface area contributed by atoms with Crippen LogP contribution in [0.3, 0.4) is 0 Å². The molecule has 1 aliphatic heterocycles. The smallest absolute Gasteiger partial charge is 0.242 e. The number of carbonyl (C=O) groups excluding carboxylic acids is 2. The number of hydrogen-bond acceptors (Lipinski definition) is 5. The topological polar surface area (TPSA) is 84.8 Å². The summed E-state index contributed by atoms with van der Waals surface area (Å²) in [7, 11) is 1.62. The fraction of sp³-hybridized carbons (Fsp3) is 0.474. The fourth-order valence-electron chi connectivity index (χ4n) is 3.06. The highest BCUT2D eigenvalue weighted by atomic mass is 16.5. The molecule has 0 spiro atoms. The van der Waals surface area contributed by atoms with Gasteiger partial charge < -0.3 is 29.6 Å². The van der Waals surface area contributed by atoms with Crippen LogP contribution in [0.5, 0.6) is 0 Å². The number of methoxy groups -OCH3 is 1. The Morgan fingerprint density at radius 2 is 2.04 bits per heavy atom. The number of rotatable bonds is 8. The summed E-state index contributed by atoms with van der Waals surface area (Å²) in [5, 5.41) is 6.86. The molecule has 0 radical (unpaired) electrons. The first kappa shape index (κ1) is 19.3. The summed E-state index contributed by atoms with van der Waals surface area (Å²) in [5.41, 5.74) is 1.70. The van der Waals surface area contributed by atoms with Crippen molar-refractivity contribution in [2.45, 2.75) is 6.54 Å². The van der Waals surface area contributed by atoms with Gasteiger partial charge in [0.2, 0.25) is 11.8 Å². The minimum absolute atomic E-state index is 0.0929. The summed E-state index contributed by atoms with van der Waals surface area (Å²) in [6, 6.07) is 7.65. The lowest BCUT2D eigenvalue weighted by Crippen LogP contribution is -2.42. The molecule has 0 atom stereocenters. The van der Waals surface area contributed by atoms with Crippen molar-refractivity contribution in [1.82, 2.24) is 14.8 Å². The van der Waals surface area contributed by atoms with Gasteiger partial charge in [-0.15, -0.1) is 0 Å². The van der Waals surface area contributed by atoms with Crippen LogP contribution in [0.1, 0.15) is 0 Å². The number of fused-ring (bicyclic) bond motifs is 1. The molecule has 2 amide bonds. The van der Waals surface area contributed by atoms with Gasteiger partial charge in [-0.1, -0.05) is 0 Å². The number of benzene rings is 1. The van der Waals surface area contributed by atoms with Crippen LogP contribution in [-0.2, 0) is 25.6 Å². The van der Waals surface area contributed by atoms with Crippen LogP contribution in [-0.4, -0.2) is 74.4 Å². The van der Waals surface area contributed by atoms with Gasteiger partial charge in [-0.25, -0.2) is 0 Å². The van der Waals surface area contributed by atoms with E-state index in [0.29, 0.717) is 46.0 Å². The van der Waals surface area contributed by atoms with E-state index in [9.17, 15) is 9.59 Å². The highest BCUT2D eigenvalue weighted by Crippen LogP contribution is 2.21. The quantitative estimate of drug-likeness (QED) is 0.664. The van der Waals surface area contributed by atoms with Crippen LogP contribution in [0.25, 0.3) is 10.9 Å². The second-order valence-corrected chi connectivity index (χ2v) is 6.43. The molecule has 146 valence electrons. The summed E-state index contributed by atoms with van der Waals surface area (Å²) in [4.78, 5) is 26.2. The van der Waals surface area contributed by atoms with Crippen molar-refractivity contribution in [1.29, 1.82) is 0 Å². The summed E-state index contributed by atoms with van der Waals surface area (Å²) >= 11 is 0. The Hall–Kier alpha value is -2.42. The molecule has 2 heterocycles. The number of aromatic nitrogens is 1. The Bertz CT molecular complexity index is 783. The van der Waals surface area contributed by atoms with E-state index in [4.69, 9.17) is 9.47 Å². The van der Waals surface area contributed by atoms with Gasteiger partial charge in [-0.05, 0) is 24.3 Å². The lowest BCUT2D eigenvalue weighted by Gasteiger charge is -2.27. The van der Waals surface area contributed by atoms with Crippen molar-refractivity contribution in [3.05, 3.63) is 30.5 Å². The highest BCUT2D eigenvalue weighted by molar-refractivity contribution is 5.95. The summed E-state index contributed by atoms with van der Waals surface area (Å²) in [5.74, 6) is -0.0114. The molecule has 27 heavy (non-hydrogen) atoms. The third-order valence-corrected chi connectivity index (χ3v) is 4.49. The van der Waals surface area contributed by atoms with E-state index in [1.54, 1.807) is 7.11 Å². The number of amides is 2. The SMILES string of the molecule is COCCNCC(=O)Nc1ccc2c(ccn2CC(=O)N2CCOCC2)c1. The lowest BCUT2D eigenvalue weighted by molar-refractivity contribution is -0.135. The molecule has 8 nitrogen and oxygen atoms in total. The third-order valence-electron chi connectivity index (χ3n) is 4.49. The monoisotopic (exact) mass is 374 g/mol. The maximum Gasteiger partial charge on any atom is 0.242 e. The average molecular weight is 374 g/mol. The third kappa shape index (κ3) is 5.29. The molecule has 1 aromatic heterocycles. The molecule has 2 aromatic rings. The number of hydrogen-bond donors (Lipinski definition) is 2. The summed E-state index contributed by atoms with van der Waals surface area (Å²) < 4.78 is 12.2. The summed E-state index contributed by atoms with van der Waals surface area (Å²) in [6.07, 6.45) is 1.90. The second-order valence-electron chi connectivity index (χ2n) is 6.43. The zero-order chi connectivity index (χ0) is 19.1. The standard InChI is InChI=1S/C19H26N4O4/c1-26-9-5-20-13-18(24)21-16-2-3-17-15(12-16)4-6-23(17)14-19(25)22-7-10-27-11-8-22/h2-4,6,12,20H,5,7-11,13-14H2,1H3,(H,21,24). The van der Waals surface area contributed by atoms with Crippen LogP contribution in [0.15, 0.2) is 30.5 Å². The van der Waals surface area contributed by atoms with E-state index >= 15 is 0 Å². The Morgan fingerprint density at radius 3 is 2.81 bits per heavy atom. The number of ether oxygens (including phenoxy) is 2. The van der Waals surface area contributed by atoms with Gasteiger partial charge in [0.1, 0.15) is 6.54 Å². The molecule has 8 heteroatoms. The van der Waals surface area contributed by atoms with Crippen molar-refractivity contribution < 1.29 is 19.1 Å². The summed E-state index contributed by atoms with van der Waals surface area (Å²) in [6.45, 7) is 4.22. The largest absolute Gasteiger partial charge is 0.383 e. The zero-order valence-corrected chi connectivity index (χ0v) is 15.6. The average Bonchev–Trinajstić information content (AvgIpc) is 3.08. The maximum atomic E-state index is 12.4. The first-order valence-electron chi connectivity index (χ1n) is 9.11. The predicted molar refractivity (Wildman–Crippen MR) is 103 cm³/mol. The molecule has 3 rings (SSSR count). The van der Waals surface area contributed by atoms with Crippen LogP contribution < -0.4 is 10.6 Å². The second kappa shape index (κ2) is 9.50. The molecule has 1 aromatic carbocycles. The van der Waals surface area contributed by atoms with Crippen LogP contribution in [0, 0.1) is 0 Å². The fourth-order valence-corrected chi connectivity index (χ4v) is 3.06. The Balaban J connectivity index is 1.59. The number of anilines is 1. The van der Waals surface area contributed by atoms with E-state index in [1.807, 2.05) is 39.9 Å². The van der Waals surface area contributed by atoms with Crippen LogP contribution in [0.2, 0.25) is 0 Å². The normalized spacial score (nSPS) is 14.5. The van der Waals surface area contributed by atoms with E-state index < -0.39 is 0 Å². The molecule has 2 N–H and O–H groups in total. The van der Waals surface area contributed by atoms with Gasteiger partial charge in [-0.3, -0.25) is 9.59 Å². The van der Waals surface area contributed by atoms with Crippen molar-refractivity contribution in [2.75, 3.05) is 58.4 Å². The van der Waals surface area contributed by atoms with Crippen LogP contribution in [0.4, 0.5) is 5.69 Å². The molecule has 1 fully saturated rings. The molecule has 0 aliphatic carbocycles. The Kier molecular flexibility index (Phi) is 6.80. The molecular formula is C19H26N4O4. The minimum atomic E-state index is -0.104. The molecular weight excluding hydrogens is 348 g/mol. The minimum Gasteiger partial charge on any atom is -0.383 e. The Morgan fingerprint density at radius 1 is 1.22 bits per heavy atom. The van der Waals surface area contributed by atoms with E-state index in [-0.39, 0.29) is 18.4 Å². The van der Waals surface area contributed by atoms with Crippen molar-refractivity contribution >= 4 is 28.4 Å². The van der Waals surface area contributed by atoms with E-state index in [1.165, 1.54) is 0 Å². The van der Waals surface area contributed by atoms with Crippen molar-refractivity contribution in [2.24, 2.45) is 0 Å². The van der Waals surface area contributed by atoms with Gasteiger partial charge in [0.15, 0.2) is 0 Å². The first-order valence-corrected chi connectivity index (χ1v) is 9.11. The van der Waals surface area contributed by atoms with Crippen LogP contribution >= 0.6 is 0 Å². The molecule has 0 unspecified atom stereocenters. The van der Waals surface area contributed by atoms with Gasteiger partial charge >= 0.3 is 0 Å². The van der Waals surface area contributed by atoms with Gasteiger partial charge in [0, 0.05) is 49.5 Å². The first-order chi connectivity index (χ1) is 13.2. The van der Waals surface area contributed by atoms with Gasteiger partial charge in [0.05, 0.1) is 26.4 Å². The van der Waals surface area contributed by atoms with Crippen molar-refractivity contribution in [3.8, 4) is 0 Å². The van der Waals surface area contributed by atoms with Gasteiger partial charge in [0.25, 0.3) is 0 Å². The Labute approximate surface area is 158 Å². The molecule has 0 saturated carbocycles. The number of morpholine rings is 1. The van der Waals surface area contributed by atoms with Crippen molar-refractivity contribution in [3.63, 3.8) is 0 Å². The molecule has 1 aliphatic rings. The lowest BCUT2D eigenvalue weighted by atomic mass is 10.2. The van der Waals surface area contributed by atoms with E-state index in [0.717, 1.165) is 16.6 Å². The molecule has 0 bridgehead atoms.